The number of hydrogen-bond donors (Lipinski definition) is 1. The SMILES string of the molecule is CCOC(=O)c1ccc(N2C[C@@H](C(=O)OCC(=O)Nc3ccc(OCC)cc3)CC2=O)cc1. The van der Waals surface area contributed by atoms with Crippen molar-refractivity contribution in [2.24, 2.45) is 5.92 Å². The first-order valence-electron chi connectivity index (χ1n) is 10.7. The predicted octanol–water partition coefficient (Wildman–Crippen LogP) is 2.80. The fraction of sp³-hybridized carbons (Fsp3) is 0.333. The Kier molecular flexibility index (Phi) is 8.01. The van der Waals surface area contributed by atoms with E-state index < -0.39 is 30.4 Å². The Balaban J connectivity index is 1.49. The number of esters is 2. The number of anilines is 2. The van der Waals surface area contributed by atoms with Gasteiger partial charge in [-0.2, -0.15) is 0 Å². The van der Waals surface area contributed by atoms with E-state index in [0.29, 0.717) is 29.3 Å². The zero-order valence-electron chi connectivity index (χ0n) is 18.5. The molecule has 0 saturated carbocycles. The minimum absolute atomic E-state index is 0.0149. The Morgan fingerprint density at radius 3 is 2.30 bits per heavy atom. The first-order chi connectivity index (χ1) is 15.9. The number of rotatable bonds is 9. The maximum atomic E-state index is 12.4. The maximum absolute atomic E-state index is 12.4. The lowest BCUT2D eigenvalue weighted by Crippen LogP contribution is -2.28. The quantitative estimate of drug-likeness (QED) is 0.580. The smallest absolute Gasteiger partial charge is 0.338 e. The van der Waals surface area contributed by atoms with Crippen LogP contribution in [0, 0.1) is 5.92 Å². The van der Waals surface area contributed by atoms with Gasteiger partial charge in [-0.1, -0.05) is 0 Å². The average Bonchev–Trinajstić information content (AvgIpc) is 3.21. The summed E-state index contributed by atoms with van der Waals surface area (Å²) in [6.45, 7) is 4.10. The van der Waals surface area contributed by atoms with Crippen LogP contribution in [0.3, 0.4) is 0 Å². The highest BCUT2D eigenvalue weighted by Gasteiger charge is 2.36. The van der Waals surface area contributed by atoms with E-state index in [1.54, 1.807) is 55.5 Å². The van der Waals surface area contributed by atoms with Crippen LogP contribution in [-0.2, 0) is 23.9 Å². The van der Waals surface area contributed by atoms with Gasteiger partial charge in [-0.15, -0.1) is 0 Å². The molecule has 0 bridgehead atoms. The van der Waals surface area contributed by atoms with Gasteiger partial charge < -0.3 is 24.4 Å². The third-order valence-electron chi connectivity index (χ3n) is 4.94. The Bertz CT molecular complexity index is 1000. The zero-order chi connectivity index (χ0) is 23.8. The van der Waals surface area contributed by atoms with Gasteiger partial charge >= 0.3 is 11.9 Å². The molecule has 0 aromatic heterocycles. The molecular weight excluding hydrogens is 428 g/mol. The predicted molar refractivity (Wildman–Crippen MR) is 120 cm³/mol. The van der Waals surface area contributed by atoms with Gasteiger partial charge in [0.05, 0.1) is 24.7 Å². The number of ether oxygens (including phenoxy) is 3. The minimum atomic E-state index is -0.680. The van der Waals surface area contributed by atoms with Gasteiger partial charge in [-0.25, -0.2) is 4.79 Å². The average molecular weight is 454 g/mol. The van der Waals surface area contributed by atoms with Gasteiger partial charge in [0.2, 0.25) is 5.91 Å². The molecule has 0 aliphatic carbocycles. The molecule has 2 aromatic carbocycles. The van der Waals surface area contributed by atoms with Crippen molar-refractivity contribution in [1.29, 1.82) is 0 Å². The Hall–Kier alpha value is -3.88. The van der Waals surface area contributed by atoms with Crippen LogP contribution >= 0.6 is 0 Å². The lowest BCUT2D eigenvalue weighted by Gasteiger charge is -2.17. The van der Waals surface area contributed by atoms with Crippen molar-refractivity contribution in [3.63, 3.8) is 0 Å². The first-order valence-corrected chi connectivity index (χ1v) is 10.7. The highest BCUT2D eigenvalue weighted by Crippen LogP contribution is 2.26. The monoisotopic (exact) mass is 454 g/mol. The molecule has 1 aliphatic heterocycles. The second kappa shape index (κ2) is 11.1. The second-order valence-corrected chi connectivity index (χ2v) is 7.29. The molecule has 0 spiro atoms. The molecule has 1 saturated heterocycles. The molecule has 0 radical (unpaired) electrons. The molecule has 33 heavy (non-hydrogen) atoms. The summed E-state index contributed by atoms with van der Waals surface area (Å²) in [5.74, 6) is -1.77. The van der Waals surface area contributed by atoms with Crippen LogP contribution < -0.4 is 15.0 Å². The van der Waals surface area contributed by atoms with Crippen LogP contribution in [0.1, 0.15) is 30.6 Å². The maximum Gasteiger partial charge on any atom is 0.338 e. The third kappa shape index (κ3) is 6.31. The number of carbonyl (C=O) groups is 4. The van der Waals surface area contributed by atoms with Gasteiger partial charge in [0.25, 0.3) is 5.91 Å². The molecule has 1 heterocycles. The molecule has 9 nitrogen and oxygen atoms in total. The molecule has 9 heteroatoms. The van der Waals surface area contributed by atoms with Crippen LogP contribution in [0.5, 0.6) is 5.75 Å². The highest BCUT2D eigenvalue weighted by atomic mass is 16.5. The number of carbonyl (C=O) groups excluding carboxylic acids is 4. The van der Waals surface area contributed by atoms with Crippen molar-refractivity contribution in [2.75, 3.05) is 36.6 Å². The minimum Gasteiger partial charge on any atom is -0.494 e. The standard InChI is InChI=1S/C24H26N2O7/c1-3-31-20-11-7-18(8-12-20)25-21(27)15-33-24(30)17-13-22(28)26(14-17)19-9-5-16(6-10-19)23(29)32-4-2/h5-12,17H,3-4,13-15H2,1-2H3,(H,25,27)/t17-/m0/s1. The summed E-state index contributed by atoms with van der Waals surface area (Å²) in [4.78, 5) is 50.1. The number of benzene rings is 2. The molecular formula is C24H26N2O7. The van der Waals surface area contributed by atoms with Crippen molar-refractivity contribution in [2.45, 2.75) is 20.3 Å². The Morgan fingerprint density at radius 2 is 1.67 bits per heavy atom. The van der Waals surface area contributed by atoms with Crippen molar-refractivity contribution < 1.29 is 33.4 Å². The first kappa shape index (κ1) is 23.8. The molecule has 3 rings (SSSR count). The second-order valence-electron chi connectivity index (χ2n) is 7.29. The fourth-order valence-electron chi connectivity index (χ4n) is 3.36. The Labute approximate surface area is 191 Å². The van der Waals surface area contributed by atoms with Crippen LogP contribution in [0.2, 0.25) is 0 Å². The summed E-state index contributed by atoms with van der Waals surface area (Å²) in [5, 5.41) is 2.64. The number of nitrogens with one attached hydrogen (secondary N) is 1. The number of hydrogen-bond acceptors (Lipinski definition) is 7. The van der Waals surface area contributed by atoms with E-state index in [0.717, 1.165) is 0 Å². The molecule has 174 valence electrons. The Morgan fingerprint density at radius 1 is 0.970 bits per heavy atom. The summed E-state index contributed by atoms with van der Waals surface area (Å²) in [6.07, 6.45) is -0.0149. The van der Waals surface area contributed by atoms with Crippen molar-refractivity contribution in [3.05, 3.63) is 54.1 Å². The van der Waals surface area contributed by atoms with Gasteiger partial charge in [0.15, 0.2) is 6.61 Å². The van der Waals surface area contributed by atoms with E-state index >= 15 is 0 Å². The van der Waals surface area contributed by atoms with E-state index in [4.69, 9.17) is 14.2 Å². The van der Waals surface area contributed by atoms with Gasteiger partial charge in [-0.3, -0.25) is 14.4 Å². The van der Waals surface area contributed by atoms with Gasteiger partial charge in [-0.05, 0) is 62.4 Å². The largest absolute Gasteiger partial charge is 0.494 e. The van der Waals surface area contributed by atoms with Crippen molar-refractivity contribution in [1.82, 2.24) is 0 Å². The van der Waals surface area contributed by atoms with Crippen molar-refractivity contribution >= 4 is 35.1 Å². The number of amides is 2. The molecule has 2 aromatic rings. The summed E-state index contributed by atoms with van der Waals surface area (Å²) in [7, 11) is 0. The summed E-state index contributed by atoms with van der Waals surface area (Å²) >= 11 is 0. The van der Waals surface area contributed by atoms with E-state index in [2.05, 4.69) is 5.32 Å². The highest BCUT2D eigenvalue weighted by molar-refractivity contribution is 6.00. The molecule has 1 aliphatic rings. The topological polar surface area (TPSA) is 111 Å². The van der Waals surface area contributed by atoms with Crippen LogP contribution in [0.15, 0.2) is 48.5 Å². The van der Waals surface area contributed by atoms with Gasteiger partial charge in [0, 0.05) is 24.3 Å². The normalized spacial score (nSPS) is 15.2. The summed E-state index contributed by atoms with van der Waals surface area (Å²) < 4.78 is 15.4. The lowest BCUT2D eigenvalue weighted by molar-refractivity contribution is -0.151. The summed E-state index contributed by atoms with van der Waals surface area (Å²) in [5.41, 5.74) is 1.49. The van der Waals surface area contributed by atoms with E-state index in [9.17, 15) is 19.2 Å². The molecule has 2 amide bonds. The fourth-order valence-corrected chi connectivity index (χ4v) is 3.36. The number of nitrogens with zero attached hydrogens (tertiary/aromatic N) is 1. The molecule has 1 atom stereocenters. The van der Waals surface area contributed by atoms with Gasteiger partial charge in [0.1, 0.15) is 5.75 Å². The summed E-state index contributed by atoms with van der Waals surface area (Å²) in [6, 6.07) is 13.2. The van der Waals surface area contributed by atoms with E-state index in [-0.39, 0.29) is 25.5 Å². The molecule has 0 unspecified atom stereocenters. The van der Waals surface area contributed by atoms with Crippen molar-refractivity contribution in [3.8, 4) is 5.75 Å². The zero-order valence-corrected chi connectivity index (χ0v) is 18.5. The third-order valence-corrected chi connectivity index (χ3v) is 4.94. The molecule has 1 N–H and O–H groups in total. The van der Waals surface area contributed by atoms with Crippen LogP contribution in [-0.4, -0.2) is 50.1 Å². The van der Waals surface area contributed by atoms with E-state index in [1.165, 1.54) is 4.90 Å². The van der Waals surface area contributed by atoms with E-state index in [1.807, 2.05) is 6.92 Å². The lowest BCUT2D eigenvalue weighted by atomic mass is 10.1. The van der Waals surface area contributed by atoms with Crippen LogP contribution in [0.25, 0.3) is 0 Å². The van der Waals surface area contributed by atoms with Crippen LogP contribution in [0.4, 0.5) is 11.4 Å². The molecule has 1 fully saturated rings.